The molecule has 0 aliphatic carbocycles. The lowest BCUT2D eigenvalue weighted by atomic mass is 10.2. The van der Waals surface area contributed by atoms with E-state index in [4.69, 9.17) is 4.74 Å². The summed E-state index contributed by atoms with van der Waals surface area (Å²) in [5, 5.41) is 9.28. The molecule has 0 spiro atoms. The summed E-state index contributed by atoms with van der Waals surface area (Å²) in [5.74, 6) is -1.55. The van der Waals surface area contributed by atoms with Crippen LogP contribution in [-0.2, 0) is 21.4 Å². The van der Waals surface area contributed by atoms with Gasteiger partial charge in [0.15, 0.2) is 6.61 Å². The number of nitrogens with zero attached hydrogens (tertiary/aromatic N) is 2. The smallest absolute Gasteiger partial charge is 0.325 e. The Kier molecular flexibility index (Phi) is 5.89. The van der Waals surface area contributed by atoms with Crippen molar-refractivity contribution in [2.45, 2.75) is 13.8 Å². The molecule has 25 heavy (non-hydrogen) atoms. The monoisotopic (exact) mass is 344 g/mol. The summed E-state index contributed by atoms with van der Waals surface area (Å²) in [6.45, 7) is 2.84. The van der Waals surface area contributed by atoms with Gasteiger partial charge in [0, 0.05) is 12.6 Å². The molecule has 0 atom stereocenters. The Morgan fingerprint density at radius 1 is 1.16 bits per heavy atom. The lowest BCUT2D eigenvalue weighted by Gasteiger charge is -2.08. The molecule has 0 aliphatic heterocycles. The number of rotatable bonds is 6. The molecular formula is C17H20N4O4. The van der Waals surface area contributed by atoms with Gasteiger partial charge >= 0.3 is 5.97 Å². The van der Waals surface area contributed by atoms with Crippen LogP contribution >= 0.6 is 0 Å². The highest BCUT2D eigenvalue weighted by molar-refractivity contribution is 5.96. The third-order valence-electron chi connectivity index (χ3n) is 3.57. The van der Waals surface area contributed by atoms with E-state index in [0.29, 0.717) is 16.9 Å². The van der Waals surface area contributed by atoms with Gasteiger partial charge in [-0.1, -0.05) is 18.2 Å². The van der Waals surface area contributed by atoms with E-state index in [1.54, 1.807) is 49.0 Å². The van der Waals surface area contributed by atoms with Crippen LogP contribution in [0.5, 0.6) is 0 Å². The minimum Gasteiger partial charge on any atom is -0.454 e. The van der Waals surface area contributed by atoms with Crippen molar-refractivity contribution in [1.29, 1.82) is 0 Å². The molecule has 1 aromatic carbocycles. The van der Waals surface area contributed by atoms with Gasteiger partial charge in [-0.25, -0.2) is 0 Å². The van der Waals surface area contributed by atoms with Crippen molar-refractivity contribution >= 4 is 23.5 Å². The van der Waals surface area contributed by atoms with Crippen LogP contribution in [0.25, 0.3) is 0 Å². The van der Waals surface area contributed by atoms with Crippen LogP contribution in [0.2, 0.25) is 0 Å². The molecule has 2 rings (SSSR count). The lowest BCUT2D eigenvalue weighted by Crippen LogP contribution is -2.32. The van der Waals surface area contributed by atoms with E-state index in [-0.39, 0.29) is 12.5 Å². The molecule has 0 fully saturated rings. The van der Waals surface area contributed by atoms with Crippen molar-refractivity contribution in [2.75, 3.05) is 18.5 Å². The van der Waals surface area contributed by atoms with Crippen molar-refractivity contribution in [1.82, 2.24) is 15.1 Å². The Morgan fingerprint density at radius 2 is 1.84 bits per heavy atom. The molecule has 2 aromatic rings. The van der Waals surface area contributed by atoms with E-state index in [9.17, 15) is 14.4 Å². The second kappa shape index (κ2) is 8.09. The predicted molar refractivity (Wildman–Crippen MR) is 91.0 cm³/mol. The molecule has 1 heterocycles. The molecule has 0 saturated carbocycles. The van der Waals surface area contributed by atoms with E-state index in [2.05, 4.69) is 15.7 Å². The van der Waals surface area contributed by atoms with E-state index < -0.39 is 18.5 Å². The first-order valence-corrected chi connectivity index (χ1v) is 7.67. The van der Waals surface area contributed by atoms with Gasteiger partial charge in [-0.15, -0.1) is 0 Å². The third kappa shape index (κ3) is 4.90. The van der Waals surface area contributed by atoms with Gasteiger partial charge in [0.05, 0.1) is 17.1 Å². The Labute approximate surface area is 145 Å². The Hall–Kier alpha value is -3.16. The lowest BCUT2D eigenvalue weighted by molar-refractivity contribution is -0.146. The van der Waals surface area contributed by atoms with Crippen LogP contribution in [0.3, 0.4) is 0 Å². The SMILES string of the molecule is Cc1nn(C)c(C)c1NC(=O)COC(=O)CNC(=O)c1ccccc1. The number of nitrogens with one attached hydrogen (secondary N) is 2. The van der Waals surface area contributed by atoms with Crippen LogP contribution in [0.15, 0.2) is 30.3 Å². The number of carbonyl (C=O) groups is 3. The van der Waals surface area contributed by atoms with Crippen LogP contribution < -0.4 is 10.6 Å². The van der Waals surface area contributed by atoms with Crippen molar-refractivity contribution in [3.8, 4) is 0 Å². The van der Waals surface area contributed by atoms with E-state index >= 15 is 0 Å². The molecule has 0 aliphatic rings. The Morgan fingerprint density at radius 3 is 2.44 bits per heavy atom. The number of carbonyl (C=O) groups excluding carboxylic acids is 3. The number of ether oxygens (including phenoxy) is 1. The molecule has 0 radical (unpaired) electrons. The fraction of sp³-hybridized carbons (Fsp3) is 0.294. The van der Waals surface area contributed by atoms with Gasteiger partial charge in [0.25, 0.3) is 11.8 Å². The zero-order valence-corrected chi connectivity index (χ0v) is 14.3. The topological polar surface area (TPSA) is 102 Å². The maximum Gasteiger partial charge on any atom is 0.325 e. The van der Waals surface area contributed by atoms with Gasteiger partial charge in [-0.2, -0.15) is 5.10 Å². The minimum absolute atomic E-state index is 0.314. The van der Waals surface area contributed by atoms with E-state index in [0.717, 1.165) is 5.69 Å². The van der Waals surface area contributed by atoms with Gasteiger partial charge < -0.3 is 15.4 Å². The third-order valence-corrected chi connectivity index (χ3v) is 3.57. The molecule has 0 saturated heterocycles. The quantitative estimate of drug-likeness (QED) is 0.760. The number of hydrogen-bond donors (Lipinski definition) is 2. The first kappa shape index (κ1) is 18.2. The van der Waals surface area contributed by atoms with Crippen LogP contribution in [-0.4, -0.2) is 40.7 Å². The summed E-state index contributed by atoms with van der Waals surface area (Å²) in [6, 6.07) is 8.49. The van der Waals surface area contributed by atoms with E-state index in [1.807, 2.05) is 6.92 Å². The minimum atomic E-state index is -0.695. The van der Waals surface area contributed by atoms with Crippen LogP contribution in [0, 0.1) is 13.8 Å². The van der Waals surface area contributed by atoms with Crippen LogP contribution in [0.4, 0.5) is 5.69 Å². The average Bonchev–Trinajstić information content (AvgIpc) is 2.84. The summed E-state index contributed by atoms with van der Waals surface area (Å²) >= 11 is 0. The molecule has 8 heteroatoms. The number of anilines is 1. The van der Waals surface area contributed by atoms with Crippen molar-refractivity contribution < 1.29 is 19.1 Å². The molecule has 2 amide bonds. The number of hydrogen-bond acceptors (Lipinski definition) is 5. The molecular weight excluding hydrogens is 324 g/mol. The second-order valence-electron chi connectivity index (χ2n) is 5.43. The highest BCUT2D eigenvalue weighted by Gasteiger charge is 2.14. The maximum absolute atomic E-state index is 11.9. The Bertz CT molecular complexity index is 783. The zero-order valence-electron chi connectivity index (χ0n) is 14.3. The van der Waals surface area contributed by atoms with Crippen molar-refractivity contribution in [3.63, 3.8) is 0 Å². The van der Waals surface area contributed by atoms with E-state index in [1.165, 1.54) is 0 Å². The largest absolute Gasteiger partial charge is 0.454 e. The average molecular weight is 344 g/mol. The first-order valence-electron chi connectivity index (χ1n) is 7.67. The number of esters is 1. The van der Waals surface area contributed by atoms with Crippen molar-refractivity contribution in [3.05, 3.63) is 47.3 Å². The highest BCUT2D eigenvalue weighted by Crippen LogP contribution is 2.17. The number of amides is 2. The maximum atomic E-state index is 11.9. The molecule has 132 valence electrons. The van der Waals surface area contributed by atoms with Gasteiger partial charge in [0.2, 0.25) is 0 Å². The van der Waals surface area contributed by atoms with Crippen molar-refractivity contribution in [2.24, 2.45) is 7.05 Å². The second-order valence-corrected chi connectivity index (χ2v) is 5.43. The van der Waals surface area contributed by atoms with Gasteiger partial charge in [-0.05, 0) is 26.0 Å². The molecule has 0 unspecified atom stereocenters. The summed E-state index contributed by atoms with van der Waals surface area (Å²) < 4.78 is 6.50. The number of aryl methyl sites for hydroxylation is 2. The summed E-state index contributed by atoms with van der Waals surface area (Å²) in [6.07, 6.45) is 0. The Balaban J connectivity index is 1.76. The summed E-state index contributed by atoms with van der Waals surface area (Å²) in [5.41, 5.74) is 2.51. The first-order chi connectivity index (χ1) is 11.9. The van der Waals surface area contributed by atoms with Crippen LogP contribution in [0.1, 0.15) is 21.7 Å². The number of aromatic nitrogens is 2. The normalized spacial score (nSPS) is 10.2. The fourth-order valence-corrected chi connectivity index (χ4v) is 2.17. The number of benzene rings is 1. The molecule has 0 bridgehead atoms. The zero-order chi connectivity index (χ0) is 18.4. The summed E-state index contributed by atoms with van der Waals surface area (Å²) in [7, 11) is 1.77. The molecule has 2 N–H and O–H groups in total. The molecule has 1 aromatic heterocycles. The fourth-order valence-electron chi connectivity index (χ4n) is 2.17. The molecule has 8 nitrogen and oxygen atoms in total. The predicted octanol–water partition coefficient (Wildman–Crippen LogP) is 0.949. The van der Waals surface area contributed by atoms with Gasteiger partial charge in [0.1, 0.15) is 6.54 Å². The van der Waals surface area contributed by atoms with Gasteiger partial charge in [-0.3, -0.25) is 19.1 Å². The highest BCUT2D eigenvalue weighted by atomic mass is 16.5. The standard InChI is InChI=1S/C17H20N4O4/c1-11-16(12(2)21(3)20-11)19-14(22)10-25-15(23)9-18-17(24)13-7-5-4-6-8-13/h4-8H,9-10H2,1-3H3,(H,18,24)(H,19,22). The summed E-state index contributed by atoms with van der Waals surface area (Å²) in [4.78, 5) is 35.3.